The maximum absolute atomic E-state index is 14.0. The molecule has 0 saturated carbocycles. The Hall–Kier alpha value is -4.53. The number of hydrogen-bond donors (Lipinski definition) is 0. The van der Waals surface area contributed by atoms with E-state index in [4.69, 9.17) is 18.9 Å². The second-order valence-electron chi connectivity index (χ2n) is 10.3. The number of amides is 1. The second kappa shape index (κ2) is 12.3. The van der Waals surface area contributed by atoms with Crippen LogP contribution in [0.15, 0.2) is 66.5 Å². The molecular weight excluding hydrogens is 524 g/mol. The molecular formula is C32H34N2O7. The first-order valence-electron chi connectivity index (χ1n) is 13.9. The van der Waals surface area contributed by atoms with Crippen molar-refractivity contribution in [3.63, 3.8) is 0 Å². The van der Waals surface area contributed by atoms with Gasteiger partial charge in [-0.2, -0.15) is 0 Å². The van der Waals surface area contributed by atoms with E-state index in [1.807, 2.05) is 19.1 Å². The number of aromatic nitrogens is 1. The van der Waals surface area contributed by atoms with Crippen LogP contribution in [0.1, 0.15) is 49.9 Å². The number of aromatic amines is 1. The maximum Gasteiger partial charge on any atom is 0.295 e. The average molecular weight is 559 g/mol. The van der Waals surface area contributed by atoms with Gasteiger partial charge in [-0.05, 0) is 60.7 Å². The first-order valence-corrected chi connectivity index (χ1v) is 13.9. The van der Waals surface area contributed by atoms with Gasteiger partial charge < -0.3 is 29.0 Å². The number of nitrogens with one attached hydrogen (secondary N) is 1. The molecule has 1 amide bonds. The molecule has 1 fully saturated rings. The van der Waals surface area contributed by atoms with E-state index in [9.17, 15) is 14.7 Å². The summed E-state index contributed by atoms with van der Waals surface area (Å²) < 4.78 is 23.1. The molecule has 3 heterocycles. The molecule has 1 saturated heterocycles. The number of fused-ring (bicyclic) bond motifs is 1. The zero-order valence-corrected chi connectivity index (χ0v) is 23.5. The van der Waals surface area contributed by atoms with E-state index >= 15 is 0 Å². The van der Waals surface area contributed by atoms with Crippen molar-refractivity contribution in [1.82, 2.24) is 4.90 Å². The molecule has 2 aromatic carbocycles. The summed E-state index contributed by atoms with van der Waals surface area (Å²) in [5.41, 5.74) is 1.47. The number of rotatable bonds is 10. The fourth-order valence-corrected chi connectivity index (χ4v) is 4.93. The highest BCUT2D eigenvalue weighted by Gasteiger charge is 2.44. The van der Waals surface area contributed by atoms with E-state index in [0.29, 0.717) is 60.9 Å². The van der Waals surface area contributed by atoms with Gasteiger partial charge in [-0.3, -0.25) is 9.59 Å². The molecule has 0 radical (unpaired) electrons. The molecule has 1 aromatic heterocycles. The summed E-state index contributed by atoms with van der Waals surface area (Å²) in [6.07, 6.45) is 4.39. The van der Waals surface area contributed by atoms with E-state index in [1.165, 1.54) is 4.90 Å². The van der Waals surface area contributed by atoms with Gasteiger partial charge >= 0.3 is 0 Å². The number of pyridine rings is 1. The number of benzene rings is 2. The first kappa shape index (κ1) is 28.0. The van der Waals surface area contributed by atoms with Crippen molar-refractivity contribution in [3.05, 3.63) is 83.2 Å². The first-order chi connectivity index (χ1) is 19.9. The molecule has 9 nitrogen and oxygen atoms in total. The van der Waals surface area contributed by atoms with Crippen molar-refractivity contribution in [2.24, 2.45) is 5.92 Å². The third-order valence-electron chi connectivity index (χ3n) is 6.99. The molecule has 41 heavy (non-hydrogen) atoms. The Morgan fingerprint density at radius 3 is 2.59 bits per heavy atom. The van der Waals surface area contributed by atoms with Gasteiger partial charge in [-0.1, -0.05) is 31.7 Å². The summed E-state index contributed by atoms with van der Waals surface area (Å²) >= 11 is 0. The molecule has 2 aliphatic heterocycles. The predicted molar refractivity (Wildman–Crippen MR) is 148 cm³/mol. The molecule has 3 aromatic rings. The van der Waals surface area contributed by atoms with Crippen LogP contribution in [-0.2, 0) is 16.1 Å². The number of ether oxygens (including phenoxy) is 4. The topological polar surface area (TPSA) is 111 Å². The Bertz CT molecular complexity index is 1450. The Morgan fingerprint density at radius 2 is 1.85 bits per heavy atom. The summed E-state index contributed by atoms with van der Waals surface area (Å²) in [5.74, 6) is 0.375. The Balaban J connectivity index is 1.60. The van der Waals surface area contributed by atoms with Gasteiger partial charge in [-0.15, -0.1) is 0 Å². The van der Waals surface area contributed by atoms with E-state index in [0.717, 1.165) is 12.0 Å². The summed E-state index contributed by atoms with van der Waals surface area (Å²) in [4.78, 5) is 31.4. The van der Waals surface area contributed by atoms with Gasteiger partial charge in [0.15, 0.2) is 35.4 Å². The van der Waals surface area contributed by atoms with Crippen LogP contribution in [0.3, 0.4) is 0 Å². The monoisotopic (exact) mass is 558 g/mol. The lowest BCUT2D eigenvalue weighted by Crippen LogP contribution is -2.29. The van der Waals surface area contributed by atoms with Crippen molar-refractivity contribution in [1.29, 1.82) is 0 Å². The fourth-order valence-electron chi connectivity index (χ4n) is 4.93. The van der Waals surface area contributed by atoms with Crippen molar-refractivity contribution < 1.29 is 38.6 Å². The number of carbonyl (C=O) groups is 2. The summed E-state index contributed by atoms with van der Waals surface area (Å²) in [6.45, 7) is 7.93. The van der Waals surface area contributed by atoms with Gasteiger partial charge in [0, 0.05) is 17.2 Å². The predicted octanol–water partition coefficient (Wildman–Crippen LogP) is 3.52. The van der Waals surface area contributed by atoms with Crippen LogP contribution in [0, 0.1) is 5.92 Å². The number of ketones is 1. The lowest BCUT2D eigenvalue weighted by atomic mass is 9.94. The van der Waals surface area contributed by atoms with Gasteiger partial charge in [0.25, 0.3) is 5.91 Å². The third kappa shape index (κ3) is 5.99. The van der Waals surface area contributed by atoms with E-state index < -0.39 is 23.5 Å². The molecule has 2 aliphatic rings. The highest BCUT2D eigenvalue weighted by atomic mass is 16.6. The summed E-state index contributed by atoms with van der Waals surface area (Å²) in [5, 5.41) is 14.0. The summed E-state index contributed by atoms with van der Waals surface area (Å²) in [7, 11) is 0. The van der Waals surface area contributed by atoms with E-state index in [2.05, 4.69) is 18.8 Å². The van der Waals surface area contributed by atoms with Crippen LogP contribution in [0.25, 0.3) is 5.76 Å². The van der Waals surface area contributed by atoms with Crippen LogP contribution in [0.2, 0.25) is 0 Å². The minimum Gasteiger partial charge on any atom is -0.872 e. The number of Topliss-reactive ketones (excluding diaryl/α,β-unsaturated/α-hetero) is 1. The summed E-state index contributed by atoms with van der Waals surface area (Å²) in [6, 6.07) is 12.8. The third-order valence-corrected chi connectivity index (χ3v) is 6.99. The average Bonchev–Trinajstić information content (AvgIpc) is 3.22. The zero-order chi connectivity index (χ0) is 28.9. The molecule has 1 N–H and O–H groups in total. The van der Waals surface area contributed by atoms with Gasteiger partial charge in [0.05, 0.1) is 25.8 Å². The largest absolute Gasteiger partial charge is 0.872 e. The van der Waals surface area contributed by atoms with E-state index in [-0.39, 0.29) is 17.7 Å². The smallest absolute Gasteiger partial charge is 0.295 e. The standard InChI is InChI=1S/C32H34N2O7/c1-4-38-26-16-22(7-9-24(26)39-13-11-20(2)3)29-28(30(35)23-8-10-25-27(17-23)41-15-14-40-25)31(36)32(37)34(29)19-21-6-5-12-33-18-21/h5-10,12,16-18,20,29,35H,4,11,13-15,19H2,1-3H3. The number of hydrogen-bond acceptors (Lipinski definition) is 7. The molecule has 1 unspecified atom stereocenters. The van der Waals surface area contributed by atoms with Crippen molar-refractivity contribution in [3.8, 4) is 23.0 Å². The Labute approximate surface area is 239 Å². The Kier molecular flexibility index (Phi) is 8.42. The zero-order valence-electron chi connectivity index (χ0n) is 23.5. The van der Waals surface area contributed by atoms with Gasteiger partial charge in [0.1, 0.15) is 13.2 Å². The second-order valence-corrected chi connectivity index (χ2v) is 10.3. The number of carbonyl (C=O) groups excluding carboxylic acids is 2. The van der Waals surface area contributed by atoms with Crippen molar-refractivity contribution in [2.45, 2.75) is 39.8 Å². The molecule has 5 rings (SSSR count). The minimum atomic E-state index is -0.931. The number of likely N-dealkylation sites (tertiary alicyclic amines) is 1. The Morgan fingerprint density at radius 1 is 1.05 bits per heavy atom. The van der Waals surface area contributed by atoms with Crippen molar-refractivity contribution in [2.75, 3.05) is 26.4 Å². The lowest BCUT2D eigenvalue weighted by Gasteiger charge is -2.28. The minimum absolute atomic E-state index is 0.123. The molecule has 0 aliphatic carbocycles. The quantitative estimate of drug-likeness (QED) is 0.213. The van der Waals surface area contributed by atoms with Crippen LogP contribution >= 0.6 is 0 Å². The van der Waals surface area contributed by atoms with Gasteiger partial charge in [0.2, 0.25) is 5.78 Å². The molecule has 9 heteroatoms. The molecule has 1 atom stereocenters. The molecule has 0 bridgehead atoms. The van der Waals surface area contributed by atoms with Crippen molar-refractivity contribution >= 4 is 17.4 Å². The van der Waals surface area contributed by atoms with Crippen LogP contribution in [-0.4, -0.2) is 43.0 Å². The highest BCUT2D eigenvalue weighted by Crippen LogP contribution is 2.43. The van der Waals surface area contributed by atoms with Crippen LogP contribution < -0.4 is 29.0 Å². The van der Waals surface area contributed by atoms with E-state index in [1.54, 1.807) is 48.8 Å². The van der Waals surface area contributed by atoms with Crippen LogP contribution in [0.5, 0.6) is 23.0 Å². The number of H-pyrrole nitrogens is 1. The maximum atomic E-state index is 14.0. The fraction of sp³-hybridized carbons (Fsp3) is 0.344. The normalized spacial score (nSPS) is 17.7. The number of nitrogens with zero attached hydrogens (tertiary/aromatic N) is 1. The van der Waals surface area contributed by atoms with Crippen LogP contribution in [0.4, 0.5) is 0 Å². The lowest BCUT2D eigenvalue weighted by molar-refractivity contribution is -0.378. The molecule has 0 spiro atoms. The molecule has 214 valence electrons. The highest BCUT2D eigenvalue weighted by molar-refractivity contribution is 6.46. The van der Waals surface area contributed by atoms with Gasteiger partial charge in [-0.25, -0.2) is 4.98 Å². The SMILES string of the molecule is CCOc1cc(C2C(=C([O-])c3ccc4c(c3)OCCO4)C(=O)C(=O)N2Cc2ccc[nH+]c2)ccc1OCCC(C)C.